The van der Waals surface area contributed by atoms with E-state index in [4.69, 9.17) is 10.5 Å². The summed E-state index contributed by atoms with van der Waals surface area (Å²) in [6.45, 7) is 7.11. The van der Waals surface area contributed by atoms with Crippen molar-refractivity contribution in [1.82, 2.24) is 4.98 Å². The first-order valence-electron chi connectivity index (χ1n) is 6.93. The van der Waals surface area contributed by atoms with Crippen LogP contribution >= 0.6 is 0 Å². The first kappa shape index (κ1) is 14.5. The SMILES string of the molecule is CC(C)(C)c1ccccc1Oc1ncccc1CCN. The molecule has 0 amide bonds. The van der Waals surface area contributed by atoms with Gasteiger partial charge in [0.1, 0.15) is 5.75 Å². The van der Waals surface area contributed by atoms with Crippen LogP contribution in [0.1, 0.15) is 31.9 Å². The van der Waals surface area contributed by atoms with Gasteiger partial charge in [0.15, 0.2) is 0 Å². The smallest absolute Gasteiger partial charge is 0.222 e. The summed E-state index contributed by atoms with van der Waals surface area (Å²) in [5.41, 5.74) is 7.88. The maximum Gasteiger partial charge on any atom is 0.222 e. The maximum atomic E-state index is 6.05. The largest absolute Gasteiger partial charge is 0.438 e. The van der Waals surface area contributed by atoms with Crippen LogP contribution in [0.15, 0.2) is 42.6 Å². The van der Waals surface area contributed by atoms with Crippen LogP contribution in [0.5, 0.6) is 11.6 Å². The first-order valence-corrected chi connectivity index (χ1v) is 6.93. The third kappa shape index (κ3) is 3.36. The van der Waals surface area contributed by atoms with Crippen LogP contribution in [-0.2, 0) is 11.8 Å². The Bertz CT molecular complexity index is 573. The average molecular weight is 270 g/mol. The van der Waals surface area contributed by atoms with Gasteiger partial charge in [0.2, 0.25) is 5.88 Å². The fraction of sp³-hybridized carbons (Fsp3) is 0.353. The Morgan fingerprint density at radius 2 is 1.85 bits per heavy atom. The molecule has 0 unspecified atom stereocenters. The molecule has 3 nitrogen and oxygen atoms in total. The molecule has 2 aromatic rings. The minimum atomic E-state index is 0.0272. The zero-order valence-corrected chi connectivity index (χ0v) is 12.4. The summed E-state index contributed by atoms with van der Waals surface area (Å²) in [7, 11) is 0. The van der Waals surface area contributed by atoms with Gasteiger partial charge in [0.25, 0.3) is 0 Å². The molecular formula is C17H22N2O. The molecule has 0 fully saturated rings. The van der Waals surface area contributed by atoms with Gasteiger partial charge in [-0.15, -0.1) is 0 Å². The molecule has 2 rings (SSSR count). The normalized spacial score (nSPS) is 11.4. The standard InChI is InChI=1S/C17H22N2O/c1-17(2,3)14-8-4-5-9-15(14)20-16-13(10-11-18)7-6-12-19-16/h4-9,12H,10-11,18H2,1-3H3. The van der Waals surface area contributed by atoms with Gasteiger partial charge in [-0.2, -0.15) is 0 Å². The van der Waals surface area contributed by atoms with Crippen molar-refractivity contribution in [2.75, 3.05) is 6.54 Å². The third-order valence-electron chi connectivity index (χ3n) is 3.17. The predicted octanol–water partition coefficient (Wildman–Crippen LogP) is 3.67. The molecule has 1 aromatic carbocycles. The van der Waals surface area contributed by atoms with Gasteiger partial charge < -0.3 is 10.5 Å². The fourth-order valence-corrected chi connectivity index (χ4v) is 2.14. The van der Waals surface area contributed by atoms with E-state index in [1.807, 2.05) is 30.3 Å². The molecular weight excluding hydrogens is 248 g/mol. The van der Waals surface area contributed by atoms with E-state index in [1.54, 1.807) is 6.20 Å². The van der Waals surface area contributed by atoms with E-state index in [9.17, 15) is 0 Å². The predicted molar refractivity (Wildman–Crippen MR) is 82.2 cm³/mol. The Morgan fingerprint density at radius 1 is 1.10 bits per heavy atom. The number of nitrogens with two attached hydrogens (primary N) is 1. The van der Waals surface area contributed by atoms with Gasteiger partial charge in [-0.1, -0.05) is 45.0 Å². The second-order valence-electron chi connectivity index (χ2n) is 5.85. The molecule has 0 radical (unpaired) electrons. The van der Waals surface area contributed by atoms with E-state index < -0.39 is 0 Å². The third-order valence-corrected chi connectivity index (χ3v) is 3.17. The summed E-state index contributed by atoms with van der Waals surface area (Å²) >= 11 is 0. The lowest BCUT2D eigenvalue weighted by atomic mass is 9.86. The van der Waals surface area contributed by atoms with Crippen molar-refractivity contribution in [1.29, 1.82) is 0 Å². The minimum absolute atomic E-state index is 0.0272. The quantitative estimate of drug-likeness (QED) is 0.922. The molecule has 0 aliphatic carbocycles. The van der Waals surface area contributed by atoms with Gasteiger partial charge >= 0.3 is 0 Å². The number of nitrogens with zero attached hydrogens (tertiary/aromatic N) is 1. The van der Waals surface area contributed by atoms with Crippen LogP contribution in [0.2, 0.25) is 0 Å². The highest BCUT2D eigenvalue weighted by Gasteiger charge is 2.19. The minimum Gasteiger partial charge on any atom is -0.438 e. The molecule has 0 spiro atoms. The van der Waals surface area contributed by atoms with E-state index in [0.29, 0.717) is 12.4 Å². The van der Waals surface area contributed by atoms with Crippen molar-refractivity contribution < 1.29 is 4.74 Å². The lowest BCUT2D eigenvalue weighted by Gasteiger charge is -2.22. The van der Waals surface area contributed by atoms with Crippen molar-refractivity contribution in [3.05, 3.63) is 53.7 Å². The number of rotatable bonds is 4. The van der Waals surface area contributed by atoms with Crippen molar-refractivity contribution in [3.8, 4) is 11.6 Å². The Hall–Kier alpha value is -1.87. The lowest BCUT2D eigenvalue weighted by molar-refractivity contribution is 0.434. The van der Waals surface area contributed by atoms with Gasteiger partial charge in [-0.3, -0.25) is 0 Å². The monoisotopic (exact) mass is 270 g/mol. The first-order chi connectivity index (χ1) is 9.52. The number of aromatic nitrogens is 1. The molecule has 0 atom stereocenters. The second kappa shape index (κ2) is 6.06. The van der Waals surface area contributed by atoms with Crippen LogP contribution in [0.25, 0.3) is 0 Å². The molecule has 20 heavy (non-hydrogen) atoms. The van der Waals surface area contributed by atoms with Crippen LogP contribution < -0.4 is 10.5 Å². The highest BCUT2D eigenvalue weighted by Crippen LogP contribution is 2.34. The number of ether oxygens (including phenoxy) is 1. The molecule has 0 saturated carbocycles. The van der Waals surface area contributed by atoms with E-state index in [1.165, 1.54) is 5.56 Å². The van der Waals surface area contributed by atoms with Crippen molar-refractivity contribution in [3.63, 3.8) is 0 Å². The number of hydrogen-bond acceptors (Lipinski definition) is 3. The molecule has 0 bridgehead atoms. The van der Waals surface area contributed by atoms with E-state index in [-0.39, 0.29) is 5.41 Å². The number of para-hydroxylation sites is 1. The highest BCUT2D eigenvalue weighted by molar-refractivity contribution is 5.41. The van der Waals surface area contributed by atoms with Crippen LogP contribution in [0.3, 0.4) is 0 Å². The molecule has 0 aliphatic heterocycles. The van der Waals surface area contributed by atoms with Gasteiger partial charge in [-0.05, 0) is 30.5 Å². The molecule has 0 aliphatic rings. The average Bonchev–Trinajstić information content (AvgIpc) is 2.41. The Kier molecular flexibility index (Phi) is 4.40. The summed E-state index contributed by atoms with van der Waals surface area (Å²) < 4.78 is 6.05. The molecule has 2 N–H and O–H groups in total. The van der Waals surface area contributed by atoms with E-state index in [2.05, 4.69) is 31.8 Å². The van der Waals surface area contributed by atoms with Crippen molar-refractivity contribution >= 4 is 0 Å². The van der Waals surface area contributed by atoms with Gasteiger partial charge in [0.05, 0.1) is 0 Å². The van der Waals surface area contributed by atoms with Crippen molar-refractivity contribution in [2.24, 2.45) is 5.73 Å². The topological polar surface area (TPSA) is 48.1 Å². The Labute approximate surface area is 120 Å². The zero-order chi connectivity index (χ0) is 14.6. The molecule has 1 aromatic heterocycles. The number of benzene rings is 1. The van der Waals surface area contributed by atoms with Crippen LogP contribution in [-0.4, -0.2) is 11.5 Å². The Balaban J connectivity index is 2.36. The molecule has 1 heterocycles. The van der Waals surface area contributed by atoms with Gasteiger partial charge in [0, 0.05) is 17.3 Å². The van der Waals surface area contributed by atoms with E-state index in [0.717, 1.165) is 17.7 Å². The van der Waals surface area contributed by atoms with Crippen LogP contribution in [0.4, 0.5) is 0 Å². The van der Waals surface area contributed by atoms with E-state index >= 15 is 0 Å². The lowest BCUT2D eigenvalue weighted by Crippen LogP contribution is -2.13. The number of hydrogen-bond donors (Lipinski definition) is 1. The zero-order valence-electron chi connectivity index (χ0n) is 12.4. The highest BCUT2D eigenvalue weighted by atomic mass is 16.5. The van der Waals surface area contributed by atoms with Crippen LogP contribution in [0, 0.1) is 0 Å². The summed E-state index contributed by atoms with van der Waals surface area (Å²) in [5.74, 6) is 1.51. The summed E-state index contributed by atoms with van der Waals surface area (Å²) in [4.78, 5) is 4.34. The van der Waals surface area contributed by atoms with Crippen molar-refractivity contribution in [2.45, 2.75) is 32.6 Å². The maximum absolute atomic E-state index is 6.05. The molecule has 0 saturated heterocycles. The molecule has 106 valence electrons. The Morgan fingerprint density at radius 3 is 2.55 bits per heavy atom. The second-order valence-corrected chi connectivity index (χ2v) is 5.85. The summed E-state index contributed by atoms with van der Waals surface area (Å²) in [6.07, 6.45) is 2.51. The summed E-state index contributed by atoms with van der Waals surface area (Å²) in [6, 6.07) is 12.0. The summed E-state index contributed by atoms with van der Waals surface area (Å²) in [5, 5.41) is 0. The number of pyridine rings is 1. The molecule has 3 heteroatoms. The fourth-order valence-electron chi connectivity index (χ4n) is 2.14. The van der Waals surface area contributed by atoms with Gasteiger partial charge in [-0.25, -0.2) is 4.98 Å².